The maximum absolute atomic E-state index is 13.3. The number of anilines is 1. The summed E-state index contributed by atoms with van der Waals surface area (Å²) in [5, 5.41) is 11.6. The Bertz CT molecular complexity index is 1290. The lowest BCUT2D eigenvalue weighted by Gasteiger charge is -2.26. The molecule has 0 spiro atoms. The summed E-state index contributed by atoms with van der Waals surface area (Å²) in [4.78, 5) is 32.1. The van der Waals surface area contributed by atoms with Crippen LogP contribution < -0.4 is 9.64 Å². The number of pyridine rings is 1. The van der Waals surface area contributed by atoms with Crippen molar-refractivity contribution in [2.24, 2.45) is 0 Å². The number of amides is 1. The number of carbonyl (C=O) groups is 2. The topological polar surface area (TPSA) is 79.7 Å². The highest BCUT2D eigenvalue weighted by molar-refractivity contribution is 6.52. The van der Waals surface area contributed by atoms with Crippen molar-refractivity contribution in [3.63, 3.8) is 0 Å². The number of hydrogen-bond acceptors (Lipinski definition) is 5. The third-order valence-electron chi connectivity index (χ3n) is 5.98. The number of hydrogen-bond donors (Lipinski definition) is 1. The molecule has 3 aromatic rings. The average molecular weight is 491 g/mol. The lowest BCUT2D eigenvalue weighted by atomic mass is 9.87. The van der Waals surface area contributed by atoms with Gasteiger partial charge in [-0.1, -0.05) is 44.5 Å². The molecule has 1 aliphatic rings. The van der Waals surface area contributed by atoms with E-state index in [0.29, 0.717) is 23.6 Å². The van der Waals surface area contributed by atoms with E-state index in [0.717, 1.165) is 5.56 Å². The van der Waals surface area contributed by atoms with E-state index in [1.807, 2.05) is 31.2 Å². The zero-order valence-corrected chi connectivity index (χ0v) is 20.8. The van der Waals surface area contributed by atoms with Gasteiger partial charge in [0.2, 0.25) is 0 Å². The van der Waals surface area contributed by atoms with E-state index >= 15 is 0 Å². The monoisotopic (exact) mass is 490 g/mol. The first-order valence-corrected chi connectivity index (χ1v) is 11.8. The van der Waals surface area contributed by atoms with Gasteiger partial charge in [-0.2, -0.15) is 0 Å². The minimum absolute atomic E-state index is 0.0448. The molecule has 0 radical (unpaired) electrons. The lowest BCUT2D eigenvalue weighted by molar-refractivity contribution is -0.132. The summed E-state index contributed by atoms with van der Waals surface area (Å²) >= 11 is 6.39. The molecule has 1 aromatic heterocycles. The van der Waals surface area contributed by atoms with Crippen LogP contribution in [0.3, 0.4) is 0 Å². The van der Waals surface area contributed by atoms with E-state index in [2.05, 4.69) is 25.8 Å². The number of carbonyl (C=O) groups excluding carboxylic acids is 2. The average Bonchev–Trinajstić information content (AvgIpc) is 3.10. The number of aromatic nitrogens is 1. The summed E-state index contributed by atoms with van der Waals surface area (Å²) in [6, 6.07) is 15.0. The highest BCUT2D eigenvalue weighted by Gasteiger charge is 2.47. The number of rotatable bonds is 5. The van der Waals surface area contributed by atoms with Crippen LogP contribution in [0.1, 0.15) is 50.4 Å². The van der Waals surface area contributed by atoms with E-state index in [9.17, 15) is 14.7 Å². The molecule has 1 atom stereocenters. The first-order chi connectivity index (χ1) is 16.6. The van der Waals surface area contributed by atoms with Gasteiger partial charge < -0.3 is 9.84 Å². The van der Waals surface area contributed by atoms with Crippen LogP contribution in [0.25, 0.3) is 5.76 Å². The fraction of sp³-hybridized carbons (Fsp3) is 0.250. The molecule has 1 N–H and O–H groups in total. The third-order valence-corrected chi connectivity index (χ3v) is 6.31. The predicted octanol–water partition coefficient (Wildman–Crippen LogP) is 6.06. The highest BCUT2D eigenvalue weighted by atomic mass is 35.5. The molecule has 1 amide bonds. The van der Waals surface area contributed by atoms with Gasteiger partial charge in [-0.3, -0.25) is 19.5 Å². The first kappa shape index (κ1) is 24.5. The van der Waals surface area contributed by atoms with Crippen LogP contribution in [-0.2, 0) is 15.0 Å². The minimum atomic E-state index is -0.856. The predicted molar refractivity (Wildman–Crippen MR) is 137 cm³/mol. The summed E-state index contributed by atoms with van der Waals surface area (Å²) < 4.78 is 5.54. The Kier molecular flexibility index (Phi) is 6.68. The van der Waals surface area contributed by atoms with Crippen molar-refractivity contribution in [1.29, 1.82) is 0 Å². The second-order valence-corrected chi connectivity index (χ2v) is 9.73. The second-order valence-electron chi connectivity index (χ2n) is 9.32. The van der Waals surface area contributed by atoms with Crippen LogP contribution in [0, 0.1) is 0 Å². The van der Waals surface area contributed by atoms with Gasteiger partial charge in [0.15, 0.2) is 0 Å². The van der Waals surface area contributed by atoms with E-state index in [4.69, 9.17) is 16.3 Å². The van der Waals surface area contributed by atoms with Gasteiger partial charge in [0.1, 0.15) is 11.5 Å². The molecular weight excluding hydrogens is 464 g/mol. The molecule has 4 rings (SSSR count). The van der Waals surface area contributed by atoms with E-state index in [-0.39, 0.29) is 27.3 Å². The summed E-state index contributed by atoms with van der Waals surface area (Å²) in [5.41, 5.74) is 2.39. The molecular formula is C28H27ClN2O4. The Balaban J connectivity index is 1.90. The summed E-state index contributed by atoms with van der Waals surface area (Å²) in [6.07, 6.45) is 3.17. The van der Waals surface area contributed by atoms with Crippen molar-refractivity contribution in [1.82, 2.24) is 4.98 Å². The zero-order valence-electron chi connectivity index (χ0n) is 20.1. The van der Waals surface area contributed by atoms with Crippen molar-refractivity contribution < 1.29 is 19.4 Å². The molecule has 180 valence electrons. The molecule has 0 bridgehead atoms. The van der Waals surface area contributed by atoms with Crippen molar-refractivity contribution in [2.45, 2.75) is 39.2 Å². The van der Waals surface area contributed by atoms with Gasteiger partial charge in [-0.25, -0.2) is 0 Å². The van der Waals surface area contributed by atoms with Crippen molar-refractivity contribution in [3.8, 4) is 5.75 Å². The number of benzene rings is 2. The standard InChI is InChI=1S/C28H27ClN2O4/c1-5-35-20-10-11-22(29)21(16-20)25(32)23-24(17-12-14-30-15-13-17)31(27(34)26(23)33)19-8-6-18(7-9-19)28(2,3)4/h6-16,24,32H,5H2,1-4H3/b25-23+. The largest absolute Gasteiger partial charge is 0.507 e. The first-order valence-electron chi connectivity index (χ1n) is 11.4. The van der Waals surface area contributed by atoms with Gasteiger partial charge >= 0.3 is 0 Å². The Labute approximate surface area is 209 Å². The molecule has 2 heterocycles. The molecule has 1 aliphatic heterocycles. The molecule has 0 saturated carbocycles. The molecule has 7 heteroatoms. The number of aliphatic hydroxyl groups is 1. The van der Waals surface area contributed by atoms with Gasteiger partial charge in [0.05, 0.1) is 23.2 Å². The minimum Gasteiger partial charge on any atom is -0.507 e. The smallest absolute Gasteiger partial charge is 0.300 e. The Morgan fingerprint density at radius 1 is 1.06 bits per heavy atom. The van der Waals surface area contributed by atoms with Crippen LogP contribution in [0.5, 0.6) is 5.75 Å². The molecule has 35 heavy (non-hydrogen) atoms. The second kappa shape index (κ2) is 9.55. The number of Topliss-reactive ketones (excluding diaryl/α,β-unsaturated/α-hetero) is 1. The van der Waals surface area contributed by atoms with Crippen LogP contribution in [0.2, 0.25) is 5.02 Å². The highest BCUT2D eigenvalue weighted by Crippen LogP contribution is 2.43. The van der Waals surface area contributed by atoms with Crippen LogP contribution in [-0.4, -0.2) is 28.4 Å². The fourth-order valence-corrected chi connectivity index (χ4v) is 4.38. The Morgan fingerprint density at radius 3 is 2.31 bits per heavy atom. The Hall–Kier alpha value is -3.64. The number of nitrogens with zero attached hydrogens (tertiary/aromatic N) is 2. The molecule has 1 fully saturated rings. The molecule has 1 saturated heterocycles. The number of ketones is 1. The quantitative estimate of drug-likeness (QED) is 0.267. The van der Waals surface area contributed by atoms with Crippen LogP contribution in [0.15, 0.2) is 72.6 Å². The summed E-state index contributed by atoms with van der Waals surface area (Å²) in [5.74, 6) is -1.38. The fourth-order valence-electron chi connectivity index (χ4n) is 4.17. The summed E-state index contributed by atoms with van der Waals surface area (Å²) in [6.45, 7) is 8.57. The van der Waals surface area contributed by atoms with Crippen LogP contribution >= 0.6 is 11.6 Å². The maximum atomic E-state index is 13.3. The van der Waals surface area contributed by atoms with Gasteiger partial charge in [-0.15, -0.1) is 0 Å². The van der Waals surface area contributed by atoms with E-state index in [1.165, 1.54) is 4.90 Å². The van der Waals surface area contributed by atoms with Crippen LogP contribution in [0.4, 0.5) is 5.69 Å². The van der Waals surface area contributed by atoms with E-state index < -0.39 is 17.7 Å². The normalized spacial score (nSPS) is 17.6. The lowest BCUT2D eigenvalue weighted by Crippen LogP contribution is -2.29. The molecule has 2 aromatic carbocycles. The third kappa shape index (κ3) is 4.66. The number of ether oxygens (including phenoxy) is 1. The zero-order chi connectivity index (χ0) is 25.3. The van der Waals surface area contributed by atoms with Crippen molar-refractivity contribution >= 4 is 34.7 Å². The summed E-state index contributed by atoms with van der Waals surface area (Å²) in [7, 11) is 0. The van der Waals surface area contributed by atoms with Gasteiger partial charge in [0, 0.05) is 23.6 Å². The SMILES string of the molecule is CCOc1ccc(Cl)c(/C(O)=C2\C(=O)C(=O)N(c3ccc(C(C)(C)C)cc3)C2c2ccncc2)c1. The molecule has 6 nitrogen and oxygen atoms in total. The van der Waals surface area contributed by atoms with Gasteiger partial charge in [-0.05, 0) is 65.9 Å². The molecule has 1 unspecified atom stereocenters. The molecule has 0 aliphatic carbocycles. The van der Waals surface area contributed by atoms with E-state index in [1.54, 1.807) is 42.7 Å². The number of aliphatic hydroxyl groups excluding tert-OH is 1. The Morgan fingerprint density at radius 2 is 1.71 bits per heavy atom. The number of halogens is 1. The maximum Gasteiger partial charge on any atom is 0.300 e. The van der Waals surface area contributed by atoms with Gasteiger partial charge in [0.25, 0.3) is 11.7 Å². The van der Waals surface area contributed by atoms with Crippen molar-refractivity contribution in [3.05, 3.63) is 94.3 Å². The van der Waals surface area contributed by atoms with Crippen molar-refractivity contribution in [2.75, 3.05) is 11.5 Å².